The zero-order valence-electron chi connectivity index (χ0n) is 33.1. The molecule has 0 saturated heterocycles. The maximum atomic E-state index is 14.0. The molecule has 0 radical (unpaired) electrons. The summed E-state index contributed by atoms with van der Waals surface area (Å²) in [5, 5.41) is 0.128. The second-order valence-corrected chi connectivity index (χ2v) is 26.5. The minimum Gasteiger partial charge on any atom is -0.462 e. The first-order chi connectivity index (χ1) is 21.2. The number of hydrogen-bond donors (Lipinski definition) is 0. The van der Waals surface area contributed by atoms with Crippen LogP contribution in [-0.2, 0) is 23.2 Å². The number of carbonyl (C=O) groups is 2. The van der Waals surface area contributed by atoms with Crippen LogP contribution in [0.15, 0.2) is 0 Å². The van der Waals surface area contributed by atoms with Gasteiger partial charge in [0.2, 0.25) is 5.91 Å². The van der Waals surface area contributed by atoms with Crippen LogP contribution in [0, 0.1) is 0 Å². The van der Waals surface area contributed by atoms with Gasteiger partial charge in [-0.25, -0.2) is 0 Å². The van der Waals surface area contributed by atoms with Crippen LogP contribution in [0.3, 0.4) is 0 Å². The molecule has 0 aliphatic heterocycles. The number of rotatable bonds is 25. The molecule has 0 aromatic heterocycles. The minimum atomic E-state index is -2.06. The summed E-state index contributed by atoms with van der Waals surface area (Å²) in [5.41, 5.74) is 0. The maximum absolute atomic E-state index is 14.0. The minimum absolute atomic E-state index is 0.00268. The third-order valence-corrected chi connectivity index (χ3v) is 19.2. The van der Waals surface area contributed by atoms with Gasteiger partial charge in [-0.1, -0.05) is 93.9 Å². The van der Waals surface area contributed by atoms with E-state index >= 15 is 0 Å². The number of ether oxygens (including phenoxy) is 1. The van der Waals surface area contributed by atoms with Gasteiger partial charge in [0.15, 0.2) is 16.6 Å². The fourth-order valence-corrected chi connectivity index (χ4v) is 6.91. The lowest BCUT2D eigenvalue weighted by Gasteiger charge is -2.42. The van der Waals surface area contributed by atoms with Crippen LogP contribution < -0.4 is 0 Å². The SMILES string of the molecule is CCCCCCC(CCC)OC(=O)CCC(=O)N(CCCCCCN(C)C)C(CO[Si](C)(C)C(C)(C)C)CO[Si](C)(C)C(C)(C)C. The van der Waals surface area contributed by atoms with E-state index in [1.54, 1.807) is 0 Å². The van der Waals surface area contributed by atoms with Crippen LogP contribution in [0.2, 0.25) is 36.3 Å². The summed E-state index contributed by atoms with van der Waals surface area (Å²) in [4.78, 5) is 31.2. The van der Waals surface area contributed by atoms with Crippen molar-refractivity contribution in [3.8, 4) is 0 Å². The van der Waals surface area contributed by atoms with E-state index in [0.717, 1.165) is 57.9 Å². The van der Waals surface area contributed by atoms with Crippen molar-refractivity contribution in [2.45, 2.75) is 187 Å². The lowest BCUT2D eigenvalue weighted by Crippen LogP contribution is -2.52. The summed E-state index contributed by atoms with van der Waals surface area (Å²) < 4.78 is 19.4. The van der Waals surface area contributed by atoms with E-state index in [4.69, 9.17) is 13.6 Å². The van der Waals surface area contributed by atoms with Gasteiger partial charge in [0.1, 0.15) is 6.10 Å². The van der Waals surface area contributed by atoms with Crippen LogP contribution >= 0.6 is 0 Å². The zero-order chi connectivity index (χ0) is 35.6. The van der Waals surface area contributed by atoms with E-state index in [1.165, 1.54) is 19.3 Å². The molecule has 0 bridgehead atoms. The highest BCUT2D eigenvalue weighted by Crippen LogP contribution is 2.38. The van der Waals surface area contributed by atoms with Gasteiger partial charge in [0.05, 0.1) is 25.7 Å². The second-order valence-electron chi connectivity index (χ2n) is 16.9. The van der Waals surface area contributed by atoms with Crippen LogP contribution in [0.1, 0.15) is 139 Å². The molecule has 0 aromatic carbocycles. The molecule has 0 aromatic rings. The van der Waals surface area contributed by atoms with Gasteiger partial charge in [0.25, 0.3) is 0 Å². The van der Waals surface area contributed by atoms with Crippen molar-refractivity contribution < 1.29 is 23.2 Å². The predicted molar refractivity (Wildman–Crippen MR) is 202 cm³/mol. The third kappa shape index (κ3) is 18.7. The topological polar surface area (TPSA) is 68.3 Å². The molecule has 0 saturated carbocycles. The molecule has 1 unspecified atom stereocenters. The van der Waals surface area contributed by atoms with Crippen molar-refractivity contribution in [3.05, 3.63) is 0 Å². The van der Waals surface area contributed by atoms with Crippen molar-refractivity contribution in [1.29, 1.82) is 0 Å². The monoisotopic (exact) mass is 687 g/mol. The maximum Gasteiger partial charge on any atom is 0.306 e. The number of nitrogens with zero attached hydrogens (tertiary/aromatic N) is 2. The van der Waals surface area contributed by atoms with E-state index in [1.807, 2.05) is 4.90 Å². The Kier molecular flexibility index (Phi) is 21.7. The van der Waals surface area contributed by atoms with Gasteiger partial charge in [0, 0.05) is 13.0 Å². The third-order valence-electron chi connectivity index (χ3n) is 10.2. The van der Waals surface area contributed by atoms with Crippen molar-refractivity contribution in [3.63, 3.8) is 0 Å². The fraction of sp³-hybridized carbons (Fsp3) is 0.946. The van der Waals surface area contributed by atoms with Gasteiger partial charge < -0.3 is 23.4 Å². The number of carbonyl (C=O) groups excluding carboxylic acids is 2. The number of hydrogen-bond acceptors (Lipinski definition) is 6. The second kappa shape index (κ2) is 22.1. The fourth-order valence-electron chi connectivity index (χ4n) is 4.83. The van der Waals surface area contributed by atoms with Crippen molar-refractivity contribution in [2.75, 3.05) is 40.4 Å². The summed E-state index contributed by atoms with van der Waals surface area (Å²) in [5.74, 6) is -0.250. The molecule has 0 heterocycles. The Morgan fingerprint density at radius 2 is 1.15 bits per heavy atom. The Bertz CT molecular complexity index is 807. The Morgan fingerprint density at radius 1 is 0.652 bits per heavy atom. The van der Waals surface area contributed by atoms with E-state index in [0.29, 0.717) is 19.8 Å². The lowest BCUT2D eigenvalue weighted by atomic mass is 10.1. The van der Waals surface area contributed by atoms with Gasteiger partial charge in [-0.15, -0.1) is 0 Å². The van der Waals surface area contributed by atoms with Crippen LogP contribution in [0.25, 0.3) is 0 Å². The largest absolute Gasteiger partial charge is 0.462 e. The molecule has 7 nitrogen and oxygen atoms in total. The summed E-state index contributed by atoms with van der Waals surface area (Å²) in [6.07, 6.45) is 11.9. The molecule has 1 atom stereocenters. The Labute approximate surface area is 288 Å². The number of esters is 1. The Balaban J connectivity index is 5.89. The molecule has 9 heteroatoms. The molecule has 1 amide bonds. The standard InChI is InChI=1S/C37H78N2O5Si2/c1-15-17-18-21-25-33(24-16-2)44-35(41)27-26-34(40)39(29-23-20-19-22-28-38(9)10)32(30-42-45(11,12)36(3,4)5)31-43-46(13,14)37(6,7)8/h32-33H,15-31H2,1-14H3. The average Bonchev–Trinajstić information content (AvgIpc) is 2.93. The Morgan fingerprint density at radius 3 is 1.61 bits per heavy atom. The molecular weight excluding hydrogens is 609 g/mol. The quantitative estimate of drug-likeness (QED) is 0.0541. The molecule has 0 aliphatic carbocycles. The van der Waals surface area contributed by atoms with Crippen molar-refractivity contribution in [2.24, 2.45) is 0 Å². The molecule has 46 heavy (non-hydrogen) atoms. The van der Waals surface area contributed by atoms with Crippen LogP contribution in [-0.4, -0.2) is 90.9 Å². The first kappa shape index (κ1) is 45.3. The highest BCUT2D eigenvalue weighted by atomic mass is 28.4. The van der Waals surface area contributed by atoms with Gasteiger partial charge >= 0.3 is 5.97 Å². The summed E-state index contributed by atoms with van der Waals surface area (Å²) >= 11 is 0. The van der Waals surface area contributed by atoms with Crippen molar-refractivity contribution in [1.82, 2.24) is 9.80 Å². The first-order valence-corrected chi connectivity index (χ1v) is 24.4. The number of amides is 1. The van der Waals surface area contributed by atoms with Gasteiger partial charge in [-0.2, -0.15) is 0 Å². The van der Waals surface area contributed by atoms with Crippen molar-refractivity contribution >= 4 is 28.5 Å². The van der Waals surface area contributed by atoms with E-state index in [9.17, 15) is 9.59 Å². The molecule has 0 fully saturated rings. The molecule has 0 aliphatic rings. The predicted octanol–water partition coefficient (Wildman–Crippen LogP) is 9.81. The molecule has 0 spiro atoms. The highest BCUT2D eigenvalue weighted by molar-refractivity contribution is 6.74. The van der Waals surface area contributed by atoms with Gasteiger partial charge in [-0.3, -0.25) is 9.59 Å². The van der Waals surface area contributed by atoms with Gasteiger partial charge in [-0.05, 0) is 89.0 Å². The molecule has 0 N–H and O–H groups in total. The molecule has 274 valence electrons. The number of unbranched alkanes of at least 4 members (excludes halogenated alkanes) is 6. The average molecular weight is 687 g/mol. The first-order valence-electron chi connectivity index (χ1n) is 18.6. The normalized spacial score (nSPS) is 13.8. The lowest BCUT2D eigenvalue weighted by molar-refractivity contribution is -0.152. The summed E-state index contributed by atoms with van der Waals surface area (Å²) in [7, 11) is 0.0980. The molecular formula is C37H78N2O5Si2. The van der Waals surface area contributed by atoms with Crippen LogP contribution in [0.5, 0.6) is 0 Å². The zero-order valence-corrected chi connectivity index (χ0v) is 35.1. The van der Waals surface area contributed by atoms with E-state index in [-0.39, 0.29) is 46.9 Å². The van der Waals surface area contributed by atoms with Crippen LogP contribution in [0.4, 0.5) is 0 Å². The Hall–Kier alpha value is -0.746. The summed E-state index contributed by atoms with van der Waals surface area (Å²) in [6, 6.07) is -0.194. The molecule has 0 rings (SSSR count). The smallest absolute Gasteiger partial charge is 0.306 e. The van der Waals surface area contributed by atoms with E-state index in [2.05, 4.69) is 101 Å². The summed E-state index contributed by atoms with van der Waals surface area (Å²) in [6.45, 7) is 29.5. The van der Waals surface area contributed by atoms with E-state index < -0.39 is 16.6 Å². The highest BCUT2D eigenvalue weighted by Gasteiger charge is 2.41.